The molecule has 0 aromatic rings. The van der Waals surface area contributed by atoms with E-state index in [1.165, 1.54) is 4.90 Å². The van der Waals surface area contributed by atoms with Gasteiger partial charge in [0.05, 0.1) is 5.41 Å². The maximum atomic E-state index is 12.7. The molecule has 1 aliphatic rings. The Balaban J connectivity index is 3.12. The van der Waals surface area contributed by atoms with Gasteiger partial charge in [0.15, 0.2) is 0 Å². The fourth-order valence-electron chi connectivity index (χ4n) is 2.70. The molecule has 2 atom stereocenters. The largest absolute Gasteiger partial charge is 0.396 e. The molecule has 1 aliphatic heterocycles. The van der Waals surface area contributed by atoms with Gasteiger partial charge in [-0.15, -0.1) is 0 Å². The smallest absolute Gasteiger partial charge is 0.236 e. The molecule has 2 unspecified atom stereocenters. The molecule has 1 rings (SSSR count). The van der Waals surface area contributed by atoms with Gasteiger partial charge in [0.2, 0.25) is 11.8 Å². The first-order valence-corrected chi connectivity index (χ1v) is 7.03. The van der Waals surface area contributed by atoms with Gasteiger partial charge < -0.3 is 5.11 Å². The summed E-state index contributed by atoms with van der Waals surface area (Å²) in [7, 11) is 0. The first kappa shape index (κ1) is 16.2. The highest BCUT2D eigenvalue weighted by Gasteiger charge is 2.53. The number of hydrogen-bond acceptors (Lipinski definition) is 3. The van der Waals surface area contributed by atoms with E-state index in [1.807, 2.05) is 41.5 Å². The maximum absolute atomic E-state index is 12.7. The molecule has 1 saturated heterocycles. The summed E-state index contributed by atoms with van der Waals surface area (Å²) in [5.74, 6) is -0.0563. The molecular formula is C15H27NO3. The lowest BCUT2D eigenvalue weighted by atomic mass is 9.77. The Kier molecular flexibility index (Phi) is 4.45. The Hall–Kier alpha value is -0.900. The number of amides is 2. The van der Waals surface area contributed by atoms with E-state index in [-0.39, 0.29) is 42.2 Å². The average Bonchev–Trinajstić information content (AvgIpc) is 2.47. The summed E-state index contributed by atoms with van der Waals surface area (Å²) in [6.07, 6.45) is 0.719. The molecule has 4 nitrogen and oxygen atoms in total. The minimum atomic E-state index is -0.601. The summed E-state index contributed by atoms with van der Waals surface area (Å²) in [6, 6.07) is -0.238. The van der Waals surface area contributed by atoms with E-state index in [2.05, 4.69) is 0 Å². The Morgan fingerprint density at radius 1 is 1.32 bits per heavy atom. The Bertz CT molecular complexity index is 370. The van der Waals surface area contributed by atoms with Crippen LogP contribution in [0.25, 0.3) is 0 Å². The predicted octanol–water partition coefficient (Wildman–Crippen LogP) is 2.20. The number of carbonyl (C=O) groups is 2. The molecule has 2 amide bonds. The first-order chi connectivity index (χ1) is 8.55. The SMILES string of the molecule is CC(C)C1(C)CC(=O)N(C(CCO)C(C)(C)C)C1=O. The van der Waals surface area contributed by atoms with Crippen LogP contribution in [0, 0.1) is 16.7 Å². The topological polar surface area (TPSA) is 57.6 Å². The van der Waals surface area contributed by atoms with Crippen molar-refractivity contribution in [2.24, 2.45) is 16.7 Å². The van der Waals surface area contributed by atoms with Crippen LogP contribution in [-0.4, -0.2) is 34.5 Å². The number of hydrogen-bond donors (Lipinski definition) is 1. The van der Waals surface area contributed by atoms with Crippen LogP contribution in [0.5, 0.6) is 0 Å². The third-order valence-corrected chi connectivity index (χ3v) is 4.48. The molecule has 0 aromatic heterocycles. The Morgan fingerprint density at radius 2 is 1.84 bits per heavy atom. The molecule has 19 heavy (non-hydrogen) atoms. The van der Waals surface area contributed by atoms with Crippen molar-refractivity contribution in [1.82, 2.24) is 4.90 Å². The van der Waals surface area contributed by atoms with Gasteiger partial charge in [-0.3, -0.25) is 14.5 Å². The molecule has 0 spiro atoms. The van der Waals surface area contributed by atoms with E-state index in [1.54, 1.807) is 0 Å². The number of imide groups is 1. The minimum Gasteiger partial charge on any atom is -0.396 e. The predicted molar refractivity (Wildman–Crippen MR) is 74.4 cm³/mol. The van der Waals surface area contributed by atoms with Gasteiger partial charge in [0, 0.05) is 19.1 Å². The van der Waals surface area contributed by atoms with Crippen LogP contribution in [0.3, 0.4) is 0 Å². The van der Waals surface area contributed by atoms with Crippen molar-refractivity contribution in [3.63, 3.8) is 0 Å². The van der Waals surface area contributed by atoms with E-state index in [0.29, 0.717) is 6.42 Å². The zero-order valence-electron chi connectivity index (χ0n) is 13.0. The zero-order chi connectivity index (χ0) is 15.0. The standard InChI is InChI=1S/C15H27NO3/c1-10(2)15(6)9-12(18)16(13(15)19)11(7-8-17)14(3,4)5/h10-11,17H,7-9H2,1-6H3. The lowest BCUT2D eigenvalue weighted by Crippen LogP contribution is -2.49. The van der Waals surface area contributed by atoms with Crippen molar-refractivity contribution in [2.45, 2.75) is 60.4 Å². The summed E-state index contributed by atoms with van der Waals surface area (Å²) in [4.78, 5) is 26.4. The monoisotopic (exact) mass is 269 g/mol. The van der Waals surface area contributed by atoms with Crippen molar-refractivity contribution in [3.05, 3.63) is 0 Å². The summed E-state index contributed by atoms with van der Waals surface area (Å²) in [5.41, 5.74) is -0.827. The van der Waals surface area contributed by atoms with Gasteiger partial charge >= 0.3 is 0 Å². The lowest BCUT2D eigenvalue weighted by molar-refractivity contribution is -0.147. The molecule has 1 N–H and O–H groups in total. The third kappa shape index (κ3) is 2.83. The van der Waals surface area contributed by atoms with Crippen LogP contribution in [0.2, 0.25) is 0 Å². The highest BCUT2D eigenvalue weighted by Crippen LogP contribution is 2.42. The Labute approximate surface area is 116 Å². The fourth-order valence-corrected chi connectivity index (χ4v) is 2.70. The number of aliphatic hydroxyl groups is 1. The number of rotatable bonds is 4. The van der Waals surface area contributed by atoms with Gasteiger partial charge in [-0.2, -0.15) is 0 Å². The van der Waals surface area contributed by atoms with Crippen LogP contribution < -0.4 is 0 Å². The zero-order valence-corrected chi connectivity index (χ0v) is 13.0. The quantitative estimate of drug-likeness (QED) is 0.796. The highest BCUT2D eigenvalue weighted by molar-refractivity contribution is 6.06. The molecule has 110 valence electrons. The molecule has 1 heterocycles. The van der Waals surface area contributed by atoms with Gasteiger partial charge in [-0.25, -0.2) is 0 Å². The summed E-state index contributed by atoms with van der Waals surface area (Å²) in [6.45, 7) is 11.8. The van der Waals surface area contributed by atoms with Gasteiger partial charge in [0.1, 0.15) is 0 Å². The molecule has 0 aromatic carbocycles. The summed E-state index contributed by atoms with van der Waals surface area (Å²) in [5, 5.41) is 9.22. The number of nitrogens with zero attached hydrogens (tertiary/aromatic N) is 1. The average molecular weight is 269 g/mol. The molecule has 0 saturated carbocycles. The van der Waals surface area contributed by atoms with Crippen LogP contribution in [-0.2, 0) is 9.59 Å². The van der Waals surface area contributed by atoms with Gasteiger partial charge in [-0.1, -0.05) is 34.6 Å². The van der Waals surface area contributed by atoms with Crippen LogP contribution in [0.4, 0.5) is 0 Å². The third-order valence-electron chi connectivity index (χ3n) is 4.48. The molecule has 1 fully saturated rings. The fraction of sp³-hybridized carbons (Fsp3) is 0.867. The lowest BCUT2D eigenvalue weighted by Gasteiger charge is -2.38. The van der Waals surface area contributed by atoms with E-state index in [4.69, 9.17) is 0 Å². The van der Waals surface area contributed by atoms with Crippen LogP contribution in [0.15, 0.2) is 0 Å². The van der Waals surface area contributed by atoms with Gasteiger partial charge in [-0.05, 0) is 24.7 Å². The van der Waals surface area contributed by atoms with Gasteiger partial charge in [0.25, 0.3) is 0 Å². The second-order valence-corrected chi connectivity index (χ2v) is 7.21. The van der Waals surface area contributed by atoms with E-state index in [9.17, 15) is 14.7 Å². The normalized spacial score (nSPS) is 26.4. The summed E-state index contributed by atoms with van der Waals surface area (Å²) >= 11 is 0. The second-order valence-electron chi connectivity index (χ2n) is 7.21. The second kappa shape index (κ2) is 5.23. The van der Waals surface area contributed by atoms with E-state index >= 15 is 0 Å². The van der Waals surface area contributed by atoms with Crippen LogP contribution >= 0.6 is 0 Å². The molecule has 0 radical (unpaired) electrons. The van der Waals surface area contributed by atoms with E-state index in [0.717, 1.165) is 0 Å². The maximum Gasteiger partial charge on any atom is 0.236 e. The molecular weight excluding hydrogens is 242 g/mol. The Morgan fingerprint density at radius 3 is 2.16 bits per heavy atom. The van der Waals surface area contributed by atoms with Crippen molar-refractivity contribution < 1.29 is 14.7 Å². The van der Waals surface area contributed by atoms with Crippen molar-refractivity contribution in [2.75, 3.05) is 6.61 Å². The minimum absolute atomic E-state index is 0.0165. The van der Waals surface area contributed by atoms with Crippen molar-refractivity contribution in [3.8, 4) is 0 Å². The molecule has 0 bridgehead atoms. The van der Waals surface area contributed by atoms with E-state index < -0.39 is 5.41 Å². The summed E-state index contributed by atoms with van der Waals surface area (Å²) < 4.78 is 0. The number of aliphatic hydroxyl groups excluding tert-OH is 1. The molecule has 0 aliphatic carbocycles. The number of likely N-dealkylation sites (tertiary alicyclic amines) is 1. The molecule has 4 heteroatoms. The van der Waals surface area contributed by atoms with Crippen LogP contribution in [0.1, 0.15) is 54.4 Å². The highest BCUT2D eigenvalue weighted by atomic mass is 16.3. The van der Waals surface area contributed by atoms with Crippen molar-refractivity contribution in [1.29, 1.82) is 0 Å². The number of carbonyl (C=O) groups excluding carboxylic acids is 2. The van der Waals surface area contributed by atoms with Crippen molar-refractivity contribution >= 4 is 11.8 Å². The first-order valence-electron chi connectivity index (χ1n) is 7.03.